The molecule has 0 bridgehead atoms. The molecule has 29 heavy (non-hydrogen) atoms. The molecule has 150 valence electrons. The summed E-state index contributed by atoms with van der Waals surface area (Å²) in [6.45, 7) is 9.18. The largest absolute Gasteiger partial charge is 0.388 e. The summed E-state index contributed by atoms with van der Waals surface area (Å²) in [5.74, 6) is 0.599. The summed E-state index contributed by atoms with van der Waals surface area (Å²) < 4.78 is 2.01. The van der Waals surface area contributed by atoms with Crippen molar-refractivity contribution in [3.8, 4) is 0 Å². The topological polar surface area (TPSA) is 42.2 Å². The van der Waals surface area contributed by atoms with E-state index in [-0.39, 0.29) is 0 Å². The normalized spacial score (nSPS) is 17.8. The molecule has 1 N–H and O–H groups in total. The molecule has 4 rings (SSSR count). The van der Waals surface area contributed by atoms with E-state index in [0.717, 1.165) is 23.6 Å². The number of imidazole rings is 1. The molecule has 2 heterocycles. The van der Waals surface area contributed by atoms with Crippen molar-refractivity contribution in [2.75, 3.05) is 18.9 Å². The molecule has 0 atom stereocenters. The Kier molecular flexibility index (Phi) is 5.52. The summed E-state index contributed by atoms with van der Waals surface area (Å²) in [5.41, 5.74) is 9.98. The van der Waals surface area contributed by atoms with Gasteiger partial charge in [-0.1, -0.05) is 25.5 Å². The Morgan fingerprint density at radius 2 is 2.03 bits per heavy atom. The van der Waals surface area contributed by atoms with Crippen LogP contribution in [0.15, 0.2) is 54.1 Å². The van der Waals surface area contributed by atoms with Crippen LogP contribution in [0.3, 0.4) is 0 Å². The van der Waals surface area contributed by atoms with Gasteiger partial charge in [-0.2, -0.15) is 0 Å². The zero-order valence-corrected chi connectivity index (χ0v) is 17.7. The number of rotatable bonds is 6. The van der Waals surface area contributed by atoms with Crippen LogP contribution in [0.25, 0.3) is 17.3 Å². The molecule has 1 aromatic heterocycles. The van der Waals surface area contributed by atoms with E-state index in [0.29, 0.717) is 5.92 Å². The van der Waals surface area contributed by atoms with Crippen LogP contribution >= 0.6 is 0 Å². The SMILES string of the molecule is C=C/C(=C\c1c(NC)cc(C2=C(C)CN=C2C)cc1C1CCCC1)n1ccnc1. The third kappa shape index (κ3) is 3.71. The van der Waals surface area contributed by atoms with Gasteiger partial charge in [0.1, 0.15) is 0 Å². The minimum Gasteiger partial charge on any atom is -0.388 e. The van der Waals surface area contributed by atoms with E-state index in [9.17, 15) is 0 Å². The van der Waals surface area contributed by atoms with Crippen molar-refractivity contribution < 1.29 is 0 Å². The van der Waals surface area contributed by atoms with Gasteiger partial charge < -0.3 is 9.88 Å². The molecule has 0 saturated heterocycles. The molecule has 2 aromatic rings. The molecular weight excluding hydrogens is 356 g/mol. The van der Waals surface area contributed by atoms with Gasteiger partial charge in [0.15, 0.2) is 0 Å². The van der Waals surface area contributed by atoms with E-state index < -0.39 is 0 Å². The fourth-order valence-electron chi connectivity index (χ4n) is 4.72. The smallest absolute Gasteiger partial charge is 0.0991 e. The van der Waals surface area contributed by atoms with E-state index >= 15 is 0 Å². The van der Waals surface area contributed by atoms with Crippen molar-refractivity contribution in [3.63, 3.8) is 0 Å². The molecule has 1 fully saturated rings. The maximum atomic E-state index is 4.66. The Bertz CT molecular complexity index is 1000. The highest BCUT2D eigenvalue weighted by molar-refractivity contribution is 6.25. The van der Waals surface area contributed by atoms with Crippen molar-refractivity contribution in [1.82, 2.24) is 9.55 Å². The highest BCUT2D eigenvalue weighted by Crippen LogP contribution is 2.41. The summed E-state index contributed by atoms with van der Waals surface area (Å²) in [7, 11) is 2.01. The van der Waals surface area contributed by atoms with Gasteiger partial charge in [-0.05, 0) is 67.5 Å². The molecule has 2 aliphatic rings. The van der Waals surface area contributed by atoms with Gasteiger partial charge in [0.2, 0.25) is 0 Å². The number of allylic oxidation sites excluding steroid dienone is 3. The number of nitrogens with zero attached hydrogens (tertiary/aromatic N) is 3. The van der Waals surface area contributed by atoms with Crippen LogP contribution in [-0.4, -0.2) is 28.9 Å². The van der Waals surface area contributed by atoms with Gasteiger partial charge in [-0.15, -0.1) is 0 Å². The maximum Gasteiger partial charge on any atom is 0.0991 e. The first-order chi connectivity index (χ1) is 14.1. The summed E-state index contributed by atoms with van der Waals surface area (Å²) in [5, 5.41) is 3.46. The molecule has 1 aliphatic heterocycles. The van der Waals surface area contributed by atoms with Crippen molar-refractivity contribution in [3.05, 3.63) is 65.8 Å². The molecular formula is C25H30N4. The molecule has 4 heteroatoms. The van der Waals surface area contributed by atoms with Crippen LogP contribution < -0.4 is 5.32 Å². The van der Waals surface area contributed by atoms with Gasteiger partial charge in [0, 0.05) is 47.7 Å². The van der Waals surface area contributed by atoms with Crippen molar-refractivity contribution in [2.24, 2.45) is 4.99 Å². The molecule has 1 saturated carbocycles. The van der Waals surface area contributed by atoms with Crippen molar-refractivity contribution in [1.29, 1.82) is 0 Å². The molecule has 0 unspecified atom stereocenters. The zero-order chi connectivity index (χ0) is 20.4. The first kappa shape index (κ1) is 19.4. The summed E-state index contributed by atoms with van der Waals surface area (Å²) in [6.07, 6.45) is 14.9. The predicted molar refractivity (Wildman–Crippen MR) is 124 cm³/mol. The van der Waals surface area contributed by atoms with Gasteiger partial charge in [0.25, 0.3) is 0 Å². The van der Waals surface area contributed by atoms with Crippen LogP contribution in [-0.2, 0) is 0 Å². The quantitative estimate of drug-likeness (QED) is 0.617. The number of benzene rings is 1. The fraction of sp³-hybridized carbons (Fsp3) is 0.360. The second-order valence-corrected chi connectivity index (χ2v) is 8.06. The van der Waals surface area contributed by atoms with E-state index in [4.69, 9.17) is 0 Å². The number of hydrogen-bond acceptors (Lipinski definition) is 3. The third-order valence-corrected chi connectivity index (χ3v) is 6.21. The Balaban J connectivity index is 1.91. The zero-order valence-electron chi connectivity index (χ0n) is 17.7. The Hall–Kier alpha value is -2.88. The van der Waals surface area contributed by atoms with Gasteiger partial charge in [0.05, 0.1) is 12.9 Å². The third-order valence-electron chi connectivity index (χ3n) is 6.21. The second kappa shape index (κ2) is 8.24. The van der Waals surface area contributed by atoms with E-state index in [2.05, 4.69) is 53.9 Å². The van der Waals surface area contributed by atoms with Gasteiger partial charge in [-0.3, -0.25) is 4.99 Å². The van der Waals surface area contributed by atoms with Crippen LogP contribution in [0.1, 0.15) is 62.1 Å². The Morgan fingerprint density at radius 3 is 2.62 bits per heavy atom. The summed E-state index contributed by atoms with van der Waals surface area (Å²) in [4.78, 5) is 8.86. The van der Waals surface area contributed by atoms with Gasteiger partial charge in [-0.25, -0.2) is 4.98 Å². The lowest BCUT2D eigenvalue weighted by Gasteiger charge is -2.21. The lowest BCUT2D eigenvalue weighted by molar-refractivity contribution is 0.722. The lowest BCUT2D eigenvalue weighted by Crippen LogP contribution is -2.05. The predicted octanol–water partition coefficient (Wildman–Crippen LogP) is 6.01. The fourth-order valence-corrected chi connectivity index (χ4v) is 4.72. The average Bonchev–Trinajstić information content (AvgIpc) is 3.49. The molecule has 0 amide bonds. The highest BCUT2D eigenvalue weighted by atomic mass is 15.0. The lowest BCUT2D eigenvalue weighted by atomic mass is 9.86. The molecule has 0 spiro atoms. The number of aliphatic imine (C=N–C) groups is 1. The Labute approximate surface area is 173 Å². The van der Waals surface area contributed by atoms with Gasteiger partial charge >= 0.3 is 0 Å². The number of hydrogen-bond donors (Lipinski definition) is 1. The van der Waals surface area contributed by atoms with Crippen LogP contribution in [0, 0.1) is 0 Å². The van der Waals surface area contributed by atoms with E-state index in [1.54, 1.807) is 6.20 Å². The molecule has 0 radical (unpaired) electrons. The van der Waals surface area contributed by atoms with Crippen molar-refractivity contribution >= 4 is 28.7 Å². The monoisotopic (exact) mass is 386 g/mol. The molecule has 4 nitrogen and oxygen atoms in total. The minimum absolute atomic E-state index is 0.599. The summed E-state index contributed by atoms with van der Waals surface area (Å²) >= 11 is 0. The van der Waals surface area contributed by atoms with Crippen LogP contribution in [0.4, 0.5) is 5.69 Å². The minimum atomic E-state index is 0.599. The molecule has 1 aromatic carbocycles. The standard InChI is InChI=1S/C25H30N4/c1-5-21(29-11-10-27-16-29)14-23-22(19-8-6-7-9-19)12-20(13-24(23)26-4)25-17(2)15-28-18(25)3/h5,10-14,16,19,26H,1,6-9,15H2,2-4H3/b21-14+. The van der Waals surface area contributed by atoms with E-state index in [1.165, 1.54) is 53.5 Å². The average molecular weight is 387 g/mol. The second-order valence-electron chi connectivity index (χ2n) is 8.06. The summed E-state index contributed by atoms with van der Waals surface area (Å²) in [6, 6.07) is 4.70. The van der Waals surface area contributed by atoms with E-state index in [1.807, 2.05) is 30.2 Å². The number of aromatic nitrogens is 2. The highest BCUT2D eigenvalue weighted by Gasteiger charge is 2.24. The number of nitrogens with one attached hydrogen (secondary N) is 1. The first-order valence-corrected chi connectivity index (χ1v) is 10.5. The Morgan fingerprint density at radius 1 is 1.24 bits per heavy atom. The maximum absolute atomic E-state index is 4.66. The molecule has 1 aliphatic carbocycles. The van der Waals surface area contributed by atoms with Crippen molar-refractivity contribution in [2.45, 2.75) is 45.4 Å². The van der Waals surface area contributed by atoms with Crippen LogP contribution in [0.2, 0.25) is 0 Å². The number of anilines is 1. The first-order valence-electron chi connectivity index (χ1n) is 10.5. The van der Waals surface area contributed by atoms with Crippen LogP contribution in [0.5, 0.6) is 0 Å².